The van der Waals surface area contributed by atoms with Crippen molar-refractivity contribution in [3.63, 3.8) is 0 Å². The number of piperidine rings is 1. The summed E-state index contributed by atoms with van der Waals surface area (Å²) in [6.45, 7) is 8.96. The minimum absolute atomic E-state index is 0.0101. The Bertz CT molecular complexity index is 303. The second-order valence-corrected chi connectivity index (χ2v) is 7.21. The van der Waals surface area contributed by atoms with E-state index < -0.39 is 0 Å². The average molecular weight is 351 g/mol. The van der Waals surface area contributed by atoms with Crippen molar-refractivity contribution in [2.45, 2.75) is 51.7 Å². The number of esters is 1. The van der Waals surface area contributed by atoms with E-state index in [0.717, 1.165) is 30.4 Å². The largest absolute Gasteiger partial charge is 0.461 e. The molecular formula is C13H22INO2. The molecule has 3 nitrogen and oxygen atoms in total. The van der Waals surface area contributed by atoms with Gasteiger partial charge in [-0.2, -0.15) is 0 Å². The predicted molar refractivity (Wildman–Crippen MR) is 76.4 cm³/mol. The Labute approximate surface area is 117 Å². The first-order valence-corrected chi connectivity index (χ1v) is 7.90. The molecule has 0 radical (unpaired) electrons. The highest BCUT2D eigenvalue weighted by Gasteiger charge is 2.50. The van der Waals surface area contributed by atoms with E-state index in [4.69, 9.17) is 4.74 Å². The molecule has 2 saturated heterocycles. The quantitative estimate of drug-likeness (QED) is 0.413. The summed E-state index contributed by atoms with van der Waals surface area (Å²) in [6, 6.07) is 0. The summed E-state index contributed by atoms with van der Waals surface area (Å²) in [4.78, 5) is 14.0. The van der Waals surface area contributed by atoms with Crippen LogP contribution in [0.25, 0.3) is 0 Å². The summed E-state index contributed by atoms with van der Waals surface area (Å²) in [7, 11) is 0. The van der Waals surface area contributed by atoms with Crippen LogP contribution in [-0.4, -0.2) is 40.0 Å². The molecule has 2 aliphatic heterocycles. The van der Waals surface area contributed by atoms with Crippen LogP contribution in [0, 0.1) is 5.41 Å². The third kappa shape index (κ3) is 2.62. The van der Waals surface area contributed by atoms with Crippen LogP contribution in [0.5, 0.6) is 0 Å². The molecule has 1 atom stereocenters. The molecule has 0 bridgehead atoms. The third-order valence-corrected chi connectivity index (χ3v) is 5.10. The monoisotopic (exact) mass is 351 g/mol. The second kappa shape index (κ2) is 4.68. The van der Waals surface area contributed by atoms with E-state index in [1.165, 1.54) is 0 Å². The van der Waals surface area contributed by atoms with Gasteiger partial charge in [-0.05, 0) is 46.7 Å². The molecule has 17 heavy (non-hydrogen) atoms. The van der Waals surface area contributed by atoms with Gasteiger partial charge in [-0.15, -0.1) is 0 Å². The van der Waals surface area contributed by atoms with E-state index in [1.807, 2.05) is 0 Å². The van der Waals surface area contributed by atoms with Crippen LogP contribution in [0.1, 0.15) is 40.0 Å². The van der Waals surface area contributed by atoms with Crippen molar-refractivity contribution in [2.24, 2.45) is 5.41 Å². The molecule has 0 amide bonds. The van der Waals surface area contributed by atoms with Crippen LogP contribution >= 0.6 is 22.6 Å². The Morgan fingerprint density at radius 2 is 2.00 bits per heavy atom. The Hall–Kier alpha value is 0.160. The maximum absolute atomic E-state index is 11.5. The highest BCUT2D eigenvalue weighted by atomic mass is 127. The van der Waals surface area contributed by atoms with E-state index in [0.29, 0.717) is 6.42 Å². The first kappa shape index (κ1) is 13.6. The zero-order chi connectivity index (χ0) is 12.7. The first-order valence-electron chi connectivity index (χ1n) is 6.38. The van der Waals surface area contributed by atoms with Gasteiger partial charge in [-0.1, -0.05) is 22.6 Å². The van der Waals surface area contributed by atoms with Crippen LogP contribution in [0.4, 0.5) is 0 Å². The number of hydrogen-bond donors (Lipinski definition) is 0. The molecule has 0 saturated carbocycles. The van der Waals surface area contributed by atoms with Gasteiger partial charge in [-0.3, -0.25) is 9.69 Å². The number of ether oxygens (including phenoxy) is 1. The molecule has 2 aliphatic rings. The molecule has 0 N–H and O–H groups in total. The predicted octanol–water partition coefficient (Wildman–Crippen LogP) is 2.62. The summed E-state index contributed by atoms with van der Waals surface area (Å²) >= 11 is 2.34. The summed E-state index contributed by atoms with van der Waals surface area (Å²) in [6.07, 6.45) is 2.99. The Morgan fingerprint density at radius 3 is 2.47 bits per heavy atom. The lowest BCUT2D eigenvalue weighted by molar-refractivity contribution is -0.141. The lowest BCUT2D eigenvalue weighted by Crippen LogP contribution is -2.51. The smallest absolute Gasteiger partial charge is 0.306 e. The van der Waals surface area contributed by atoms with E-state index in [2.05, 4.69) is 48.3 Å². The van der Waals surface area contributed by atoms with Gasteiger partial charge in [0.1, 0.15) is 6.10 Å². The van der Waals surface area contributed by atoms with Crippen LogP contribution < -0.4 is 0 Å². The fraction of sp³-hybridized carbons (Fsp3) is 0.923. The molecule has 1 spiro atoms. The second-order valence-electron chi connectivity index (χ2n) is 6.33. The highest BCUT2D eigenvalue weighted by molar-refractivity contribution is 14.1. The average Bonchev–Trinajstić information content (AvgIpc) is 2.54. The van der Waals surface area contributed by atoms with Crippen molar-refractivity contribution in [2.75, 3.05) is 17.5 Å². The number of cyclic esters (lactones) is 1. The maximum atomic E-state index is 11.5. The SMILES string of the molecule is CC(C)(C)N1CCC2(CC1)CC(=O)OC2CI. The van der Waals surface area contributed by atoms with Crippen LogP contribution in [0.2, 0.25) is 0 Å². The van der Waals surface area contributed by atoms with Gasteiger partial charge in [0.25, 0.3) is 0 Å². The zero-order valence-corrected chi connectivity index (χ0v) is 13.1. The number of likely N-dealkylation sites (tertiary alicyclic amines) is 1. The van der Waals surface area contributed by atoms with Crippen molar-refractivity contribution >= 4 is 28.6 Å². The normalized spacial score (nSPS) is 29.6. The maximum Gasteiger partial charge on any atom is 0.306 e. The minimum atomic E-state index is 0.0101. The Morgan fingerprint density at radius 1 is 1.41 bits per heavy atom. The van der Waals surface area contributed by atoms with Crippen molar-refractivity contribution < 1.29 is 9.53 Å². The zero-order valence-electron chi connectivity index (χ0n) is 11.0. The summed E-state index contributed by atoms with van der Waals surface area (Å²) in [5, 5.41) is 0. The highest BCUT2D eigenvalue weighted by Crippen LogP contribution is 2.46. The van der Waals surface area contributed by atoms with Crippen molar-refractivity contribution in [3.05, 3.63) is 0 Å². The molecule has 0 aromatic heterocycles. The van der Waals surface area contributed by atoms with E-state index in [1.54, 1.807) is 0 Å². The minimum Gasteiger partial charge on any atom is -0.461 e. The third-order valence-electron chi connectivity index (χ3n) is 4.30. The summed E-state index contributed by atoms with van der Waals surface area (Å²) < 4.78 is 6.39. The molecule has 1 unspecified atom stereocenters. The molecule has 2 heterocycles. The van der Waals surface area contributed by atoms with E-state index in [-0.39, 0.29) is 23.0 Å². The van der Waals surface area contributed by atoms with Crippen LogP contribution in [-0.2, 0) is 9.53 Å². The summed E-state index contributed by atoms with van der Waals surface area (Å²) in [5.74, 6) is 0.0101. The van der Waals surface area contributed by atoms with Crippen molar-refractivity contribution in [1.29, 1.82) is 0 Å². The number of carbonyl (C=O) groups excluding carboxylic acids is 1. The van der Waals surface area contributed by atoms with E-state index in [9.17, 15) is 4.79 Å². The van der Waals surface area contributed by atoms with E-state index >= 15 is 0 Å². The number of nitrogens with zero attached hydrogens (tertiary/aromatic N) is 1. The van der Waals surface area contributed by atoms with Gasteiger partial charge in [-0.25, -0.2) is 0 Å². The Balaban J connectivity index is 2.04. The lowest BCUT2D eigenvalue weighted by Gasteiger charge is -2.45. The fourth-order valence-corrected chi connectivity index (χ4v) is 4.16. The molecule has 2 fully saturated rings. The number of rotatable bonds is 1. The topological polar surface area (TPSA) is 29.5 Å². The fourth-order valence-electron chi connectivity index (χ4n) is 3.04. The number of alkyl halides is 1. The molecule has 0 aromatic carbocycles. The van der Waals surface area contributed by atoms with Gasteiger partial charge in [0.2, 0.25) is 0 Å². The van der Waals surface area contributed by atoms with Gasteiger partial charge in [0.15, 0.2) is 0 Å². The Kier molecular flexibility index (Phi) is 3.74. The molecule has 0 aliphatic carbocycles. The van der Waals surface area contributed by atoms with Crippen LogP contribution in [0.15, 0.2) is 0 Å². The van der Waals surface area contributed by atoms with Gasteiger partial charge in [0.05, 0.1) is 6.42 Å². The van der Waals surface area contributed by atoms with Crippen LogP contribution in [0.3, 0.4) is 0 Å². The molecular weight excluding hydrogens is 329 g/mol. The summed E-state index contributed by atoms with van der Waals surface area (Å²) in [5.41, 5.74) is 0.380. The standard InChI is InChI=1S/C13H22INO2/c1-12(2,3)15-6-4-13(5-7-15)8-11(16)17-10(13)9-14/h10H,4-9H2,1-3H3. The van der Waals surface area contributed by atoms with Crippen molar-refractivity contribution in [1.82, 2.24) is 4.90 Å². The van der Waals surface area contributed by atoms with Gasteiger partial charge in [0, 0.05) is 15.4 Å². The number of halogens is 1. The molecule has 2 rings (SSSR count). The van der Waals surface area contributed by atoms with Crippen molar-refractivity contribution in [3.8, 4) is 0 Å². The van der Waals surface area contributed by atoms with Gasteiger partial charge < -0.3 is 4.74 Å². The number of hydrogen-bond acceptors (Lipinski definition) is 3. The van der Waals surface area contributed by atoms with Gasteiger partial charge >= 0.3 is 5.97 Å². The molecule has 0 aromatic rings. The first-order chi connectivity index (χ1) is 7.87. The lowest BCUT2D eigenvalue weighted by atomic mass is 9.73. The molecule has 98 valence electrons. The number of carbonyl (C=O) groups is 1. The molecule has 4 heteroatoms.